The monoisotopic (exact) mass is 411 g/mol. The summed E-state index contributed by atoms with van der Waals surface area (Å²) in [5.74, 6) is 0.204. The number of rotatable bonds is 6. The van der Waals surface area contributed by atoms with E-state index in [4.69, 9.17) is 22.1 Å². The van der Waals surface area contributed by atoms with Crippen molar-refractivity contribution in [3.63, 3.8) is 0 Å². The lowest BCUT2D eigenvalue weighted by Gasteiger charge is -2.12. The van der Waals surface area contributed by atoms with Crippen molar-refractivity contribution in [1.29, 1.82) is 0 Å². The molecule has 4 N–H and O–H groups in total. The molecule has 0 heterocycles. The highest BCUT2D eigenvalue weighted by Crippen LogP contribution is 2.29. The summed E-state index contributed by atoms with van der Waals surface area (Å²) in [6.07, 6.45) is 0.455. The predicted molar refractivity (Wildman–Crippen MR) is 112 cm³/mol. The number of benzene rings is 2. The molecule has 0 saturated carbocycles. The van der Waals surface area contributed by atoms with Crippen molar-refractivity contribution in [3.8, 4) is 5.75 Å². The minimum atomic E-state index is -0.375. The van der Waals surface area contributed by atoms with Gasteiger partial charge in [-0.2, -0.15) is 0 Å². The second-order valence-corrected chi connectivity index (χ2v) is 6.66. The number of amides is 2. The van der Waals surface area contributed by atoms with Crippen molar-refractivity contribution in [2.45, 2.75) is 20.3 Å². The van der Waals surface area contributed by atoms with Crippen molar-refractivity contribution in [3.05, 3.63) is 47.0 Å². The highest BCUT2D eigenvalue weighted by molar-refractivity contribution is 6.33. The van der Waals surface area contributed by atoms with Crippen LogP contribution < -0.4 is 21.1 Å². The zero-order valence-electron chi connectivity index (χ0n) is 15.3. The number of nitrogens with two attached hydrogens (primary N) is 1. The van der Waals surface area contributed by atoms with Crippen molar-refractivity contribution < 1.29 is 14.3 Å². The molecule has 0 spiro atoms. The van der Waals surface area contributed by atoms with Gasteiger partial charge in [-0.15, -0.1) is 12.4 Å². The number of nitrogens with one attached hydrogen (secondary N) is 2. The first-order valence-corrected chi connectivity index (χ1v) is 8.52. The largest absolute Gasteiger partial charge is 0.496 e. The van der Waals surface area contributed by atoms with E-state index in [1.165, 1.54) is 19.2 Å². The molecule has 0 aromatic heterocycles. The first-order valence-electron chi connectivity index (χ1n) is 8.14. The Morgan fingerprint density at radius 2 is 1.67 bits per heavy atom. The quantitative estimate of drug-likeness (QED) is 0.605. The molecule has 2 aromatic carbocycles. The van der Waals surface area contributed by atoms with E-state index in [1.807, 2.05) is 13.8 Å². The number of carbonyl (C=O) groups excluding carboxylic acids is 2. The van der Waals surface area contributed by atoms with Crippen molar-refractivity contribution in [2.75, 3.05) is 23.5 Å². The number of nitrogen functional groups attached to an aromatic ring is 1. The normalized spacial score (nSPS) is 10.1. The summed E-state index contributed by atoms with van der Waals surface area (Å²) in [6.45, 7) is 3.96. The molecule has 0 saturated heterocycles. The molecular weight excluding hydrogens is 389 g/mol. The molecule has 2 rings (SSSR count). The van der Waals surface area contributed by atoms with E-state index in [0.29, 0.717) is 29.2 Å². The molecule has 0 unspecified atom stereocenters. The Labute approximate surface area is 169 Å². The number of halogens is 2. The van der Waals surface area contributed by atoms with E-state index in [-0.39, 0.29) is 40.7 Å². The third-order valence-electron chi connectivity index (χ3n) is 3.58. The first-order chi connectivity index (χ1) is 12.3. The van der Waals surface area contributed by atoms with Gasteiger partial charge in [-0.3, -0.25) is 9.59 Å². The lowest BCUT2D eigenvalue weighted by Crippen LogP contribution is -2.15. The Kier molecular flexibility index (Phi) is 8.40. The van der Waals surface area contributed by atoms with Gasteiger partial charge in [0.2, 0.25) is 5.91 Å². The smallest absolute Gasteiger partial charge is 0.259 e. The van der Waals surface area contributed by atoms with Crippen LogP contribution >= 0.6 is 24.0 Å². The molecule has 6 nitrogen and oxygen atoms in total. The van der Waals surface area contributed by atoms with E-state index >= 15 is 0 Å². The van der Waals surface area contributed by atoms with Crippen LogP contribution in [0.5, 0.6) is 5.75 Å². The zero-order valence-corrected chi connectivity index (χ0v) is 16.9. The lowest BCUT2D eigenvalue weighted by atomic mass is 10.1. The maximum Gasteiger partial charge on any atom is 0.259 e. The Morgan fingerprint density at radius 3 is 2.19 bits per heavy atom. The summed E-state index contributed by atoms with van der Waals surface area (Å²) < 4.78 is 5.19. The second-order valence-electron chi connectivity index (χ2n) is 6.25. The average molecular weight is 412 g/mol. The van der Waals surface area contributed by atoms with Gasteiger partial charge >= 0.3 is 0 Å². The van der Waals surface area contributed by atoms with Crippen LogP contribution in [0.3, 0.4) is 0 Å². The summed E-state index contributed by atoms with van der Waals surface area (Å²) in [6, 6.07) is 9.82. The molecule has 8 heteroatoms. The van der Waals surface area contributed by atoms with E-state index in [9.17, 15) is 9.59 Å². The summed E-state index contributed by atoms with van der Waals surface area (Å²) in [7, 11) is 1.45. The summed E-state index contributed by atoms with van der Waals surface area (Å²) >= 11 is 5.99. The van der Waals surface area contributed by atoms with Gasteiger partial charge in [0.15, 0.2) is 0 Å². The van der Waals surface area contributed by atoms with Crippen LogP contribution in [0.1, 0.15) is 30.6 Å². The Morgan fingerprint density at radius 1 is 1.11 bits per heavy atom. The standard InChI is InChI=1S/C19H22ClN3O3.ClH/c1-11(2)8-18(24)22-12-4-6-13(7-5-12)23-19(25)14-9-15(20)16(21)10-17(14)26-3;/h4-7,9-11H,8,21H2,1-3H3,(H,22,24)(H,23,25);1H. The zero-order chi connectivity index (χ0) is 19.3. The van der Waals surface area contributed by atoms with Crippen molar-refractivity contribution in [2.24, 2.45) is 5.92 Å². The summed E-state index contributed by atoms with van der Waals surface area (Å²) in [5.41, 5.74) is 7.58. The molecule has 2 aromatic rings. The minimum absolute atomic E-state index is 0. The fourth-order valence-corrected chi connectivity index (χ4v) is 2.50. The van der Waals surface area contributed by atoms with Crippen molar-refractivity contribution >= 4 is 52.9 Å². The fraction of sp³-hybridized carbons (Fsp3) is 0.263. The number of hydrogen-bond acceptors (Lipinski definition) is 4. The van der Waals surface area contributed by atoms with Crippen LogP contribution in [-0.2, 0) is 4.79 Å². The molecule has 0 aliphatic heterocycles. The lowest BCUT2D eigenvalue weighted by molar-refractivity contribution is -0.116. The van der Waals surface area contributed by atoms with Crippen LogP contribution in [0.15, 0.2) is 36.4 Å². The van der Waals surface area contributed by atoms with Gasteiger partial charge in [-0.05, 0) is 36.2 Å². The molecule has 0 bridgehead atoms. The van der Waals surface area contributed by atoms with Gasteiger partial charge in [0, 0.05) is 23.9 Å². The van der Waals surface area contributed by atoms with Gasteiger partial charge < -0.3 is 21.1 Å². The molecular formula is C19H23Cl2N3O3. The summed E-state index contributed by atoms with van der Waals surface area (Å²) in [5, 5.41) is 5.85. The fourth-order valence-electron chi connectivity index (χ4n) is 2.33. The average Bonchev–Trinajstić information content (AvgIpc) is 2.57. The highest BCUT2D eigenvalue weighted by Gasteiger charge is 2.15. The van der Waals surface area contributed by atoms with Crippen molar-refractivity contribution in [1.82, 2.24) is 0 Å². The molecule has 0 aliphatic carbocycles. The van der Waals surface area contributed by atoms with Gasteiger partial charge in [0.1, 0.15) is 5.75 Å². The van der Waals surface area contributed by atoms with Gasteiger partial charge in [-0.1, -0.05) is 25.4 Å². The van der Waals surface area contributed by atoms with Crippen LogP contribution in [0.2, 0.25) is 5.02 Å². The van der Waals surface area contributed by atoms with Gasteiger partial charge in [0.05, 0.1) is 23.4 Å². The van der Waals surface area contributed by atoms with E-state index < -0.39 is 0 Å². The summed E-state index contributed by atoms with van der Waals surface area (Å²) in [4.78, 5) is 24.3. The second kappa shape index (κ2) is 10.0. The SMILES string of the molecule is COc1cc(N)c(Cl)cc1C(=O)Nc1ccc(NC(=O)CC(C)C)cc1.Cl. The maximum atomic E-state index is 12.5. The van der Waals surface area contributed by atoms with E-state index in [0.717, 1.165) is 0 Å². The van der Waals surface area contributed by atoms with Crippen LogP contribution in [0.4, 0.5) is 17.1 Å². The topological polar surface area (TPSA) is 93.4 Å². The minimum Gasteiger partial charge on any atom is -0.496 e. The highest BCUT2D eigenvalue weighted by atomic mass is 35.5. The first kappa shape index (κ1) is 22.6. The Balaban J connectivity index is 0.00000364. The number of hydrogen-bond donors (Lipinski definition) is 3. The van der Waals surface area contributed by atoms with Crippen LogP contribution in [0, 0.1) is 5.92 Å². The van der Waals surface area contributed by atoms with Crippen LogP contribution in [-0.4, -0.2) is 18.9 Å². The molecule has 146 valence electrons. The van der Waals surface area contributed by atoms with Gasteiger partial charge in [-0.25, -0.2) is 0 Å². The van der Waals surface area contributed by atoms with E-state index in [2.05, 4.69) is 10.6 Å². The number of carbonyl (C=O) groups is 2. The molecule has 27 heavy (non-hydrogen) atoms. The Hall–Kier alpha value is -2.44. The number of methoxy groups -OCH3 is 1. The number of ether oxygens (including phenoxy) is 1. The Bertz CT molecular complexity index is 809. The predicted octanol–water partition coefficient (Wildman–Crippen LogP) is 4.59. The molecule has 0 radical (unpaired) electrons. The number of anilines is 3. The third kappa shape index (κ3) is 6.34. The van der Waals surface area contributed by atoms with Gasteiger partial charge in [0.25, 0.3) is 5.91 Å². The molecule has 0 fully saturated rings. The molecule has 2 amide bonds. The van der Waals surface area contributed by atoms with Crippen LogP contribution in [0.25, 0.3) is 0 Å². The van der Waals surface area contributed by atoms with E-state index in [1.54, 1.807) is 24.3 Å². The maximum absolute atomic E-state index is 12.5. The molecule has 0 aliphatic rings. The molecule has 0 atom stereocenters. The third-order valence-corrected chi connectivity index (χ3v) is 3.91.